The molecule has 2 heterocycles. The summed E-state index contributed by atoms with van der Waals surface area (Å²) in [7, 11) is 0. The van der Waals surface area contributed by atoms with Gasteiger partial charge in [0.25, 0.3) is 11.8 Å². The lowest BCUT2D eigenvalue weighted by Crippen LogP contribution is -2.60. The smallest absolute Gasteiger partial charge is 0.264 e. The van der Waals surface area contributed by atoms with Crippen LogP contribution in [0.3, 0.4) is 0 Å². The largest absolute Gasteiger partial charge is 0.374 e. The minimum Gasteiger partial charge on any atom is -0.374 e. The molecule has 0 saturated carbocycles. The van der Waals surface area contributed by atoms with Crippen LogP contribution < -0.4 is 5.32 Å². The number of rotatable bonds is 13. The molecule has 3 aromatic rings. The third kappa shape index (κ3) is 9.78. The molecule has 45 heavy (non-hydrogen) atoms. The van der Waals surface area contributed by atoms with Crippen LogP contribution in [-0.4, -0.2) is 74.0 Å². The molecule has 2 amide bonds. The SMILES string of the molecule is C=CC[C@@]1(COCc2ccccc2)CNCCO1.C=CC[C@]1(COCc2ccccc2)OCCN(C(=O)c2ccccc2)C1=O. The topological polar surface area (TPSA) is 86.3 Å². The highest BCUT2D eigenvalue weighted by Crippen LogP contribution is 2.27. The first-order valence-electron chi connectivity index (χ1n) is 15.4. The van der Waals surface area contributed by atoms with E-state index in [-0.39, 0.29) is 43.6 Å². The van der Waals surface area contributed by atoms with E-state index in [1.54, 1.807) is 30.3 Å². The second kappa shape index (κ2) is 17.5. The summed E-state index contributed by atoms with van der Waals surface area (Å²) in [4.78, 5) is 27.2. The van der Waals surface area contributed by atoms with Crippen LogP contribution in [0.4, 0.5) is 0 Å². The molecule has 2 fully saturated rings. The van der Waals surface area contributed by atoms with Crippen LogP contribution in [0.2, 0.25) is 0 Å². The molecule has 8 heteroatoms. The van der Waals surface area contributed by atoms with Gasteiger partial charge in [0.1, 0.15) is 5.60 Å². The van der Waals surface area contributed by atoms with Crippen molar-refractivity contribution in [3.8, 4) is 0 Å². The van der Waals surface area contributed by atoms with E-state index in [1.807, 2.05) is 60.7 Å². The number of imide groups is 1. The van der Waals surface area contributed by atoms with Crippen molar-refractivity contribution < 1.29 is 28.5 Å². The zero-order valence-electron chi connectivity index (χ0n) is 25.9. The Hall–Kier alpha value is -3.92. The number of nitrogens with one attached hydrogen (secondary N) is 1. The van der Waals surface area contributed by atoms with Crippen LogP contribution in [-0.2, 0) is 37.0 Å². The standard InChI is InChI=1S/C22H23NO4.C15H21NO2/c1-2-13-22(17-26-16-18-9-5-3-6-10-18)21(25)23(14-15-27-22)20(24)19-11-7-4-8-12-19;1-2-8-15(12-16-9-10-18-15)13-17-11-14-6-4-3-5-7-14/h2-12H,1,13-17H2;2-7,16H,1,8-13H2/t22-;15-/m10/s1. The zero-order chi connectivity index (χ0) is 31.8. The first kappa shape index (κ1) is 34.0. The monoisotopic (exact) mass is 612 g/mol. The summed E-state index contributed by atoms with van der Waals surface area (Å²) in [6.45, 7) is 12.2. The molecule has 2 atom stereocenters. The van der Waals surface area contributed by atoms with Crippen molar-refractivity contribution in [3.63, 3.8) is 0 Å². The Morgan fingerprint density at radius 3 is 1.93 bits per heavy atom. The van der Waals surface area contributed by atoms with Gasteiger partial charge in [0.2, 0.25) is 0 Å². The van der Waals surface area contributed by atoms with E-state index >= 15 is 0 Å². The highest BCUT2D eigenvalue weighted by atomic mass is 16.6. The van der Waals surface area contributed by atoms with E-state index in [9.17, 15) is 9.59 Å². The third-order valence-corrected chi connectivity index (χ3v) is 7.64. The summed E-state index contributed by atoms with van der Waals surface area (Å²) in [6.07, 6.45) is 4.62. The molecular formula is C37H44N2O6. The molecule has 8 nitrogen and oxygen atoms in total. The van der Waals surface area contributed by atoms with Crippen LogP contribution in [0.5, 0.6) is 0 Å². The van der Waals surface area contributed by atoms with E-state index in [4.69, 9.17) is 18.9 Å². The fourth-order valence-corrected chi connectivity index (χ4v) is 5.30. The summed E-state index contributed by atoms with van der Waals surface area (Å²) in [5.74, 6) is -0.698. The first-order valence-corrected chi connectivity index (χ1v) is 15.4. The third-order valence-electron chi connectivity index (χ3n) is 7.64. The fraction of sp³-hybridized carbons (Fsp3) is 0.351. The van der Waals surface area contributed by atoms with Gasteiger partial charge in [0.05, 0.1) is 46.2 Å². The van der Waals surface area contributed by atoms with Gasteiger partial charge < -0.3 is 24.3 Å². The molecule has 2 aliphatic heterocycles. The van der Waals surface area contributed by atoms with Crippen LogP contribution >= 0.6 is 0 Å². The lowest BCUT2D eigenvalue weighted by atomic mass is 9.96. The van der Waals surface area contributed by atoms with Gasteiger partial charge in [-0.2, -0.15) is 0 Å². The number of hydrogen-bond donors (Lipinski definition) is 1. The van der Waals surface area contributed by atoms with Crippen molar-refractivity contribution in [1.82, 2.24) is 10.2 Å². The van der Waals surface area contributed by atoms with Gasteiger partial charge >= 0.3 is 0 Å². The van der Waals surface area contributed by atoms with E-state index in [1.165, 1.54) is 10.5 Å². The zero-order valence-corrected chi connectivity index (χ0v) is 25.9. The molecule has 2 saturated heterocycles. The van der Waals surface area contributed by atoms with Gasteiger partial charge in [-0.3, -0.25) is 14.5 Å². The summed E-state index contributed by atoms with van der Waals surface area (Å²) in [5, 5.41) is 3.36. The maximum atomic E-state index is 13.1. The van der Waals surface area contributed by atoms with Crippen molar-refractivity contribution >= 4 is 11.8 Å². The van der Waals surface area contributed by atoms with Crippen LogP contribution in [0.15, 0.2) is 116 Å². The highest BCUT2D eigenvalue weighted by Gasteiger charge is 2.47. The Morgan fingerprint density at radius 1 is 0.800 bits per heavy atom. The Morgan fingerprint density at radius 2 is 1.38 bits per heavy atom. The van der Waals surface area contributed by atoms with E-state index in [0.717, 1.165) is 31.7 Å². The summed E-state index contributed by atoms with van der Waals surface area (Å²) in [5.41, 5.74) is 1.21. The van der Waals surface area contributed by atoms with Crippen molar-refractivity contribution in [2.45, 2.75) is 37.3 Å². The van der Waals surface area contributed by atoms with Crippen molar-refractivity contribution in [2.75, 3.05) is 46.1 Å². The van der Waals surface area contributed by atoms with Crippen LogP contribution in [0.1, 0.15) is 34.3 Å². The van der Waals surface area contributed by atoms with E-state index in [2.05, 4.69) is 30.6 Å². The fourth-order valence-electron chi connectivity index (χ4n) is 5.30. The quantitative estimate of drug-likeness (QED) is 0.206. The second-order valence-corrected chi connectivity index (χ2v) is 11.1. The van der Waals surface area contributed by atoms with Gasteiger partial charge in [-0.1, -0.05) is 91.0 Å². The molecular weight excluding hydrogens is 568 g/mol. The van der Waals surface area contributed by atoms with E-state index < -0.39 is 5.60 Å². The number of carbonyl (C=O) groups is 2. The summed E-state index contributed by atoms with van der Waals surface area (Å²) >= 11 is 0. The Bertz CT molecular complexity index is 1350. The van der Waals surface area contributed by atoms with Crippen LogP contribution in [0.25, 0.3) is 0 Å². The lowest BCUT2D eigenvalue weighted by Gasteiger charge is -2.40. The molecule has 0 aliphatic carbocycles. The Balaban J connectivity index is 0.000000222. The summed E-state index contributed by atoms with van der Waals surface area (Å²) < 4.78 is 23.3. The van der Waals surface area contributed by atoms with Crippen LogP contribution in [0, 0.1) is 0 Å². The van der Waals surface area contributed by atoms with Gasteiger partial charge in [-0.15, -0.1) is 13.2 Å². The maximum Gasteiger partial charge on any atom is 0.264 e. The number of amides is 2. The molecule has 0 bridgehead atoms. The van der Waals surface area contributed by atoms with Gasteiger partial charge in [0, 0.05) is 25.1 Å². The number of carbonyl (C=O) groups excluding carboxylic acids is 2. The molecule has 238 valence electrons. The van der Waals surface area contributed by atoms with Crippen molar-refractivity contribution in [3.05, 3.63) is 133 Å². The Labute approximate surface area is 266 Å². The molecule has 0 spiro atoms. The average molecular weight is 613 g/mol. The molecule has 5 rings (SSSR count). The van der Waals surface area contributed by atoms with Crippen molar-refractivity contribution in [1.29, 1.82) is 0 Å². The molecule has 2 aliphatic rings. The molecule has 1 N–H and O–H groups in total. The molecule has 0 unspecified atom stereocenters. The number of ether oxygens (including phenoxy) is 4. The summed E-state index contributed by atoms with van der Waals surface area (Å²) in [6, 6.07) is 28.7. The number of morpholine rings is 2. The average Bonchev–Trinajstić information content (AvgIpc) is 3.08. The first-order chi connectivity index (χ1) is 22.0. The lowest BCUT2D eigenvalue weighted by molar-refractivity contribution is -0.177. The molecule has 3 aromatic carbocycles. The number of hydrogen-bond acceptors (Lipinski definition) is 7. The van der Waals surface area contributed by atoms with Gasteiger partial charge in [-0.05, 0) is 29.7 Å². The number of benzene rings is 3. The van der Waals surface area contributed by atoms with Gasteiger partial charge in [-0.25, -0.2) is 0 Å². The van der Waals surface area contributed by atoms with E-state index in [0.29, 0.717) is 25.4 Å². The molecule has 0 radical (unpaired) electrons. The normalized spacial score (nSPS) is 21.3. The highest BCUT2D eigenvalue weighted by molar-refractivity contribution is 6.07. The predicted molar refractivity (Wildman–Crippen MR) is 175 cm³/mol. The predicted octanol–water partition coefficient (Wildman–Crippen LogP) is 5.36. The maximum absolute atomic E-state index is 13.1. The minimum atomic E-state index is -1.22. The second-order valence-electron chi connectivity index (χ2n) is 11.1. The molecule has 0 aromatic heterocycles. The number of nitrogens with zero attached hydrogens (tertiary/aromatic N) is 1. The Kier molecular flexibility index (Phi) is 13.2. The van der Waals surface area contributed by atoms with Crippen molar-refractivity contribution in [2.24, 2.45) is 0 Å². The minimum absolute atomic E-state index is 0.0608. The van der Waals surface area contributed by atoms with Gasteiger partial charge in [0.15, 0.2) is 5.60 Å².